The van der Waals surface area contributed by atoms with Crippen LogP contribution in [0.25, 0.3) is 0 Å². The highest BCUT2D eigenvalue weighted by molar-refractivity contribution is 5.84. The Morgan fingerprint density at radius 2 is 2.00 bits per heavy atom. The number of hydrogen-bond acceptors (Lipinski definition) is 6. The third-order valence-corrected chi connectivity index (χ3v) is 4.86. The highest BCUT2D eigenvalue weighted by Crippen LogP contribution is 2.34. The maximum absolute atomic E-state index is 12.6. The number of hydroxylamine groups is 1. The molecule has 0 radical (unpaired) electrons. The highest BCUT2D eigenvalue weighted by atomic mass is 16.8. The van der Waals surface area contributed by atoms with Crippen LogP contribution in [0.2, 0.25) is 0 Å². The number of carbonyl (C=O) groups excluding carboxylic acids is 1. The van der Waals surface area contributed by atoms with Gasteiger partial charge >= 0.3 is 0 Å². The van der Waals surface area contributed by atoms with Crippen LogP contribution in [0.1, 0.15) is 38.3 Å². The Hall–Kier alpha value is -1.67. The van der Waals surface area contributed by atoms with E-state index in [0.29, 0.717) is 13.0 Å². The monoisotopic (exact) mass is 365 g/mol. The second-order valence-electron chi connectivity index (χ2n) is 6.34. The Kier molecular flexibility index (Phi) is 7.84. The standard InChI is InChI=1S/C19H31N3O4/c1-5-22(6-2)13-7-12-20-18(23)19(25-4)14-17(21-26-19)15-8-10-16(24-3)11-9-15/h8-11,17,21H,5-7,12-14H2,1-4H3,(H,20,23)/t17-,19-/m1/s1. The topological polar surface area (TPSA) is 72.1 Å². The molecule has 0 bridgehead atoms. The molecule has 146 valence electrons. The molecule has 26 heavy (non-hydrogen) atoms. The molecular weight excluding hydrogens is 334 g/mol. The predicted molar refractivity (Wildman–Crippen MR) is 99.7 cm³/mol. The molecular formula is C19H31N3O4. The average molecular weight is 365 g/mol. The SMILES string of the molecule is CCN(CC)CCCNC(=O)[C@@]1(OC)C[C@H](c2ccc(OC)cc2)NO1. The van der Waals surface area contributed by atoms with E-state index in [2.05, 4.69) is 29.5 Å². The van der Waals surface area contributed by atoms with Gasteiger partial charge in [-0.1, -0.05) is 26.0 Å². The Balaban J connectivity index is 1.88. The lowest BCUT2D eigenvalue weighted by molar-refractivity contribution is -0.218. The van der Waals surface area contributed by atoms with Crippen molar-refractivity contribution < 1.29 is 19.1 Å². The van der Waals surface area contributed by atoms with Crippen molar-refractivity contribution in [2.24, 2.45) is 0 Å². The van der Waals surface area contributed by atoms with Gasteiger partial charge in [0.15, 0.2) is 0 Å². The van der Waals surface area contributed by atoms with Crippen LogP contribution in [-0.4, -0.2) is 57.0 Å². The van der Waals surface area contributed by atoms with E-state index in [-0.39, 0.29) is 11.9 Å². The van der Waals surface area contributed by atoms with Crippen molar-refractivity contribution in [2.75, 3.05) is 40.4 Å². The zero-order valence-corrected chi connectivity index (χ0v) is 16.2. The molecule has 1 aliphatic heterocycles. The van der Waals surface area contributed by atoms with Crippen molar-refractivity contribution in [3.63, 3.8) is 0 Å². The first-order valence-electron chi connectivity index (χ1n) is 9.21. The van der Waals surface area contributed by atoms with E-state index in [1.165, 1.54) is 7.11 Å². The average Bonchev–Trinajstić information content (AvgIpc) is 3.14. The normalized spacial score (nSPS) is 22.6. The molecule has 1 aromatic rings. The highest BCUT2D eigenvalue weighted by Gasteiger charge is 2.48. The van der Waals surface area contributed by atoms with E-state index in [1.807, 2.05) is 24.3 Å². The molecule has 0 unspecified atom stereocenters. The van der Waals surface area contributed by atoms with Crippen LogP contribution in [0.15, 0.2) is 24.3 Å². The molecule has 1 fully saturated rings. The van der Waals surface area contributed by atoms with Crippen molar-refractivity contribution in [3.8, 4) is 5.75 Å². The lowest BCUT2D eigenvalue weighted by Gasteiger charge is -2.24. The van der Waals surface area contributed by atoms with Gasteiger partial charge in [-0.3, -0.25) is 9.63 Å². The number of nitrogens with zero attached hydrogens (tertiary/aromatic N) is 1. The summed E-state index contributed by atoms with van der Waals surface area (Å²) in [4.78, 5) is 20.5. The Labute approximate surface area is 155 Å². The summed E-state index contributed by atoms with van der Waals surface area (Å²) in [5, 5.41) is 2.93. The molecule has 7 heteroatoms. The Bertz CT molecular complexity index is 562. The van der Waals surface area contributed by atoms with Gasteiger partial charge in [-0.2, -0.15) is 5.48 Å². The van der Waals surface area contributed by atoms with Crippen molar-refractivity contribution >= 4 is 5.91 Å². The van der Waals surface area contributed by atoms with E-state index >= 15 is 0 Å². The van der Waals surface area contributed by atoms with Gasteiger partial charge in [0.2, 0.25) is 0 Å². The minimum absolute atomic E-state index is 0.123. The summed E-state index contributed by atoms with van der Waals surface area (Å²) < 4.78 is 10.6. The lowest BCUT2D eigenvalue weighted by Crippen LogP contribution is -2.49. The largest absolute Gasteiger partial charge is 0.497 e. The van der Waals surface area contributed by atoms with E-state index in [4.69, 9.17) is 14.3 Å². The molecule has 1 heterocycles. The number of rotatable bonds is 10. The van der Waals surface area contributed by atoms with Gasteiger partial charge in [0, 0.05) is 20.1 Å². The molecule has 0 saturated carbocycles. The molecule has 1 saturated heterocycles. The fourth-order valence-electron chi connectivity index (χ4n) is 3.08. The molecule has 1 aromatic carbocycles. The summed E-state index contributed by atoms with van der Waals surface area (Å²) >= 11 is 0. The van der Waals surface area contributed by atoms with E-state index in [1.54, 1.807) is 7.11 Å². The molecule has 2 atom stereocenters. The summed E-state index contributed by atoms with van der Waals surface area (Å²) in [6, 6.07) is 7.55. The minimum Gasteiger partial charge on any atom is -0.497 e. The third kappa shape index (κ3) is 4.94. The molecule has 1 aliphatic rings. The summed E-state index contributed by atoms with van der Waals surface area (Å²) in [5.74, 6) is -0.764. The fourth-order valence-corrected chi connectivity index (χ4v) is 3.08. The molecule has 7 nitrogen and oxygen atoms in total. The van der Waals surface area contributed by atoms with Crippen LogP contribution in [0.5, 0.6) is 5.75 Å². The number of ether oxygens (including phenoxy) is 2. The summed E-state index contributed by atoms with van der Waals surface area (Å²) in [5.41, 5.74) is 3.94. The quantitative estimate of drug-likeness (QED) is 0.617. The van der Waals surface area contributed by atoms with E-state index in [9.17, 15) is 4.79 Å². The van der Waals surface area contributed by atoms with Crippen molar-refractivity contribution in [1.29, 1.82) is 0 Å². The van der Waals surface area contributed by atoms with Gasteiger partial charge in [0.05, 0.1) is 13.2 Å². The summed E-state index contributed by atoms with van der Waals surface area (Å²) in [7, 11) is 3.13. The number of carbonyl (C=O) groups is 1. The number of benzene rings is 1. The molecule has 2 rings (SSSR count). The second-order valence-corrected chi connectivity index (χ2v) is 6.34. The van der Waals surface area contributed by atoms with Crippen molar-refractivity contribution in [2.45, 2.75) is 38.5 Å². The Morgan fingerprint density at radius 3 is 2.58 bits per heavy atom. The fraction of sp³-hybridized carbons (Fsp3) is 0.632. The minimum atomic E-state index is -1.31. The second kappa shape index (κ2) is 9.87. The van der Waals surface area contributed by atoms with Crippen LogP contribution in [-0.2, 0) is 14.4 Å². The van der Waals surface area contributed by atoms with E-state index < -0.39 is 5.79 Å². The lowest BCUT2D eigenvalue weighted by atomic mass is 10.00. The maximum atomic E-state index is 12.6. The van der Waals surface area contributed by atoms with Crippen LogP contribution < -0.4 is 15.5 Å². The van der Waals surface area contributed by atoms with Gasteiger partial charge < -0.3 is 19.7 Å². The van der Waals surface area contributed by atoms with E-state index in [0.717, 1.165) is 37.4 Å². The van der Waals surface area contributed by atoms with Crippen molar-refractivity contribution in [1.82, 2.24) is 15.7 Å². The van der Waals surface area contributed by atoms with Gasteiger partial charge in [-0.15, -0.1) is 0 Å². The van der Waals surface area contributed by atoms with Crippen molar-refractivity contribution in [3.05, 3.63) is 29.8 Å². The van der Waals surface area contributed by atoms with Gasteiger partial charge in [0.1, 0.15) is 5.75 Å². The van der Waals surface area contributed by atoms with Gasteiger partial charge in [-0.25, -0.2) is 0 Å². The molecule has 0 aliphatic carbocycles. The first-order chi connectivity index (χ1) is 12.6. The summed E-state index contributed by atoms with van der Waals surface area (Å²) in [6.45, 7) is 7.86. The Morgan fingerprint density at radius 1 is 1.31 bits per heavy atom. The van der Waals surface area contributed by atoms with Gasteiger partial charge in [0.25, 0.3) is 11.7 Å². The molecule has 1 amide bonds. The first kappa shape index (κ1) is 20.6. The summed E-state index contributed by atoms with van der Waals surface area (Å²) in [6.07, 6.45) is 1.29. The molecule has 0 spiro atoms. The van der Waals surface area contributed by atoms with Gasteiger partial charge in [-0.05, 0) is 43.8 Å². The van der Waals surface area contributed by atoms with Crippen LogP contribution >= 0.6 is 0 Å². The number of nitrogens with one attached hydrogen (secondary N) is 2. The van der Waals surface area contributed by atoms with Crippen LogP contribution in [0.3, 0.4) is 0 Å². The maximum Gasteiger partial charge on any atom is 0.282 e. The third-order valence-electron chi connectivity index (χ3n) is 4.86. The molecule has 2 N–H and O–H groups in total. The number of hydrogen-bond donors (Lipinski definition) is 2. The number of methoxy groups -OCH3 is 2. The first-order valence-corrected chi connectivity index (χ1v) is 9.21. The smallest absolute Gasteiger partial charge is 0.282 e. The van der Waals surface area contributed by atoms with Crippen LogP contribution in [0, 0.1) is 0 Å². The zero-order chi connectivity index (χ0) is 19.0. The number of amides is 1. The molecule has 0 aromatic heterocycles. The predicted octanol–water partition coefficient (Wildman–Crippen LogP) is 1.85. The van der Waals surface area contributed by atoms with Crippen LogP contribution in [0.4, 0.5) is 0 Å². The zero-order valence-electron chi connectivity index (χ0n) is 16.2.